The summed E-state index contributed by atoms with van der Waals surface area (Å²) in [6.07, 6.45) is -3.10. The van der Waals surface area contributed by atoms with Gasteiger partial charge < -0.3 is 5.32 Å². The molecular weight excluding hydrogens is 484 g/mol. The van der Waals surface area contributed by atoms with Crippen molar-refractivity contribution in [2.75, 3.05) is 5.32 Å². The van der Waals surface area contributed by atoms with Crippen LogP contribution in [0.1, 0.15) is 27.4 Å². The van der Waals surface area contributed by atoms with Crippen LogP contribution in [0.4, 0.5) is 23.4 Å². The van der Waals surface area contributed by atoms with Gasteiger partial charge in [0.05, 0.1) is 11.0 Å². The monoisotopic (exact) mass is 496 g/mol. The molecule has 0 saturated carbocycles. The number of halogens is 5. The van der Waals surface area contributed by atoms with Crippen molar-refractivity contribution in [2.45, 2.75) is 19.6 Å². The van der Waals surface area contributed by atoms with E-state index in [2.05, 4.69) is 36.4 Å². The highest BCUT2D eigenvalue weighted by molar-refractivity contribution is 9.10. The van der Waals surface area contributed by atoms with Crippen LogP contribution in [0.3, 0.4) is 0 Å². The van der Waals surface area contributed by atoms with E-state index in [1.54, 1.807) is 18.3 Å². The number of hydrogen-bond acceptors (Lipinski definition) is 4. The highest BCUT2D eigenvalue weighted by atomic mass is 79.9. The molecule has 4 aromatic rings. The predicted octanol–water partition coefficient (Wildman–Crippen LogP) is 4.46. The van der Waals surface area contributed by atoms with Crippen LogP contribution in [0.25, 0.3) is 5.65 Å². The van der Waals surface area contributed by atoms with E-state index in [1.165, 1.54) is 29.8 Å². The van der Waals surface area contributed by atoms with Gasteiger partial charge in [-0.2, -0.15) is 23.4 Å². The Hall–Kier alpha value is -3.28. The van der Waals surface area contributed by atoms with Crippen LogP contribution in [0, 0.1) is 12.7 Å². The lowest BCUT2D eigenvalue weighted by Crippen LogP contribution is -2.16. The third kappa shape index (κ3) is 4.29. The molecular formula is C19H13BrF4N6O. The zero-order chi connectivity index (χ0) is 22.3. The van der Waals surface area contributed by atoms with E-state index in [4.69, 9.17) is 0 Å². The van der Waals surface area contributed by atoms with Crippen molar-refractivity contribution in [2.24, 2.45) is 0 Å². The third-order valence-electron chi connectivity index (χ3n) is 4.28. The summed E-state index contributed by atoms with van der Waals surface area (Å²) in [6.45, 7) is 1.68. The van der Waals surface area contributed by atoms with Crippen molar-refractivity contribution in [1.29, 1.82) is 0 Å². The maximum Gasteiger partial charge on any atom is 0.433 e. The molecule has 4 rings (SSSR count). The molecule has 0 saturated heterocycles. The average molecular weight is 497 g/mol. The summed E-state index contributed by atoms with van der Waals surface area (Å²) in [5, 5.41) is 10.5. The number of rotatable bonds is 4. The van der Waals surface area contributed by atoms with Gasteiger partial charge in [0.2, 0.25) is 0 Å². The van der Waals surface area contributed by atoms with Gasteiger partial charge in [-0.15, -0.1) is 0 Å². The van der Waals surface area contributed by atoms with Crippen LogP contribution in [-0.4, -0.2) is 30.3 Å². The molecule has 0 aliphatic carbocycles. The zero-order valence-electron chi connectivity index (χ0n) is 15.8. The lowest BCUT2D eigenvalue weighted by Gasteiger charge is -2.09. The maximum atomic E-state index is 13.4. The summed E-state index contributed by atoms with van der Waals surface area (Å²) < 4.78 is 55.5. The third-order valence-corrected chi connectivity index (χ3v) is 5.01. The van der Waals surface area contributed by atoms with Crippen LogP contribution in [0.15, 0.2) is 47.1 Å². The van der Waals surface area contributed by atoms with Crippen LogP contribution in [0.5, 0.6) is 0 Å². The van der Waals surface area contributed by atoms with E-state index in [0.29, 0.717) is 10.1 Å². The van der Waals surface area contributed by atoms with Crippen LogP contribution in [-0.2, 0) is 12.7 Å². The first-order valence-electron chi connectivity index (χ1n) is 8.84. The molecule has 12 heteroatoms. The van der Waals surface area contributed by atoms with Gasteiger partial charge in [-0.25, -0.2) is 13.9 Å². The summed E-state index contributed by atoms with van der Waals surface area (Å²) >= 11 is 3.12. The van der Waals surface area contributed by atoms with Gasteiger partial charge in [-0.3, -0.25) is 9.48 Å². The Balaban J connectivity index is 1.59. The molecule has 0 radical (unpaired) electrons. The van der Waals surface area contributed by atoms with Crippen molar-refractivity contribution in [3.05, 3.63) is 75.5 Å². The first-order valence-corrected chi connectivity index (χ1v) is 9.63. The Bertz CT molecular complexity index is 1300. The number of alkyl halides is 3. The molecule has 3 aromatic heterocycles. The van der Waals surface area contributed by atoms with Crippen molar-refractivity contribution in [1.82, 2.24) is 24.4 Å². The molecule has 0 unspecified atom stereocenters. The Labute approximate surface area is 180 Å². The Morgan fingerprint density at radius 3 is 2.68 bits per heavy atom. The summed E-state index contributed by atoms with van der Waals surface area (Å²) in [5.41, 5.74) is -0.653. The summed E-state index contributed by atoms with van der Waals surface area (Å²) in [4.78, 5) is 16.7. The number of carbonyl (C=O) groups is 1. The standard InChI is InChI=1S/C19H13BrF4N6O/c1-10-7-13(19(22,23)24)30-17(25-10)15(20)16(28-30)18(31)26-14-5-6-29(27-14)9-11-3-2-4-12(21)8-11/h2-8H,9H2,1H3,(H,26,27,31). The minimum absolute atomic E-state index is 0.0263. The molecule has 160 valence electrons. The fourth-order valence-electron chi connectivity index (χ4n) is 2.97. The van der Waals surface area contributed by atoms with Gasteiger partial charge in [0.15, 0.2) is 17.2 Å². The lowest BCUT2D eigenvalue weighted by atomic mass is 10.2. The molecule has 0 bridgehead atoms. The van der Waals surface area contributed by atoms with Gasteiger partial charge in [0.1, 0.15) is 11.5 Å². The highest BCUT2D eigenvalue weighted by Crippen LogP contribution is 2.32. The molecule has 7 nitrogen and oxygen atoms in total. The normalized spacial score (nSPS) is 11.8. The van der Waals surface area contributed by atoms with Gasteiger partial charge in [-0.05, 0) is 46.6 Å². The molecule has 0 atom stereocenters. The number of benzene rings is 1. The first kappa shape index (κ1) is 21.0. The number of nitrogens with one attached hydrogen (secondary N) is 1. The van der Waals surface area contributed by atoms with Gasteiger partial charge in [0, 0.05) is 18.0 Å². The Morgan fingerprint density at radius 1 is 1.19 bits per heavy atom. The molecule has 3 heterocycles. The smallest absolute Gasteiger partial charge is 0.304 e. The molecule has 1 aromatic carbocycles. The zero-order valence-corrected chi connectivity index (χ0v) is 17.4. The fraction of sp³-hybridized carbons (Fsp3) is 0.158. The molecule has 0 spiro atoms. The maximum absolute atomic E-state index is 13.4. The van der Waals surface area contributed by atoms with Crippen molar-refractivity contribution in [3.63, 3.8) is 0 Å². The second kappa shape index (κ2) is 7.76. The summed E-state index contributed by atoms with van der Waals surface area (Å²) in [5.74, 6) is -0.985. The first-order chi connectivity index (χ1) is 14.6. The number of aromatic nitrogens is 5. The van der Waals surface area contributed by atoms with E-state index in [0.717, 1.165) is 6.07 Å². The van der Waals surface area contributed by atoms with E-state index < -0.39 is 17.8 Å². The van der Waals surface area contributed by atoms with Gasteiger partial charge in [-0.1, -0.05) is 12.1 Å². The SMILES string of the molecule is Cc1cc(C(F)(F)F)n2nc(C(=O)Nc3ccn(Cc4cccc(F)c4)n3)c(Br)c2n1. The second-order valence-corrected chi connectivity index (χ2v) is 7.45. The largest absolute Gasteiger partial charge is 0.433 e. The molecule has 0 aliphatic heterocycles. The van der Waals surface area contributed by atoms with Crippen LogP contribution >= 0.6 is 15.9 Å². The number of fused-ring (bicyclic) bond motifs is 1. The summed E-state index contributed by atoms with van der Waals surface area (Å²) in [6, 6.07) is 8.34. The number of aryl methyl sites for hydroxylation is 1. The van der Waals surface area contributed by atoms with E-state index >= 15 is 0 Å². The summed E-state index contributed by atoms with van der Waals surface area (Å²) in [7, 11) is 0. The quantitative estimate of drug-likeness (QED) is 0.423. The van der Waals surface area contributed by atoms with Gasteiger partial charge in [0.25, 0.3) is 5.91 Å². The van der Waals surface area contributed by atoms with Crippen molar-refractivity contribution < 1.29 is 22.4 Å². The van der Waals surface area contributed by atoms with Crippen molar-refractivity contribution in [3.8, 4) is 0 Å². The minimum atomic E-state index is -4.68. The number of carbonyl (C=O) groups excluding carboxylic acids is 1. The second-order valence-electron chi connectivity index (χ2n) is 6.66. The molecule has 31 heavy (non-hydrogen) atoms. The number of nitrogens with zero attached hydrogens (tertiary/aromatic N) is 5. The average Bonchev–Trinajstić information content (AvgIpc) is 3.25. The van der Waals surface area contributed by atoms with E-state index in [1.807, 2.05) is 0 Å². The Kier molecular flexibility index (Phi) is 5.25. The fourth-order valence-corrected chi connectivity index (χ4v) is 3.49. The number of anilines is 1. The molecule has 1 N–H and O–H groups in total. The highest BCUT2D eigenvalue weighted by Gasteiger charge is 2.36. The molecule has 1 amide bonds. The van der Waals surface area contributed by atoms with E-state index in [-0.39, 0.29) is 39.7 Å². The minimum Gasteiger partial charge on any atom is -0.304 e. The van der Waals surface area contributed by atoms with Crippen molar-refractivity contribution >= 4 is 33.3 Å². The molecule has 0 fully saturated rings. The number of hydrogen-bond donors (Lipinski definition) is 1. The molecule has 0 aliphatic rings. The van der Waals surface area contributed by atoms with E-state index in [9.17, 15) is 22.4 Å². The van der Waals surface area contributed by atoms with Crippen LogP contribution in [0.2, 0.25) is 0 Å². The number of amides is 1. The lowest BCUT2D eigenvalue weighted by molar-refractivity contribution is -0.142. The Morgan fingerprint density at radius 2 is 1.97 bits per heavy atom. The topological polar surface area (TPSA) is 77.1 Å². The van der Waals surface area contributed by atoms with Crippen LogP contribution < -0.4 is 5.32 Å². The predicted molar refractivity (Wildman–Crippen MR) is 106 cm³/mol. The van der Waals surface area contributed by atoms with Gasteiger partial charge >= 0.3 is 6.18 Å².